The minimum absolute atomic E-state index is 0.270. The van der Waals surface area contributed by atoms with Gasteiger partial charge in [0.25, 0.3) is 5.91 Å². The molecule has 0 aliphatic carbocycles. The molecule has 1 aliphatic heterocycles. The molecule has 0 spiro atoms. The third-order valence-corrected chi connectivity index (χ3v) is 3.43. The molecular formula is C9H15N4O7P. The minimum atomic E-state index is -3.73. The molecule has 0 saturated carbocycles. The summed E-state index contributed by atoms with van der Waals surface area (Å²) in [7, 11) is -3.73. The van der Waals surface area contributed by atoms with Crippen LogP contribution in [0.1, 0.15) is 16.8 Å². The van der Waals surface area contributed by atoms with E-state index in [1.165, 1.54) is 0 Å². The molecule has 1 saturated heterocycles. The van der Waals surface area contributed by atoms with Crippen LogP contribution in [0, 0.1) is 0 Å². The second-order valence-electron chi connectivity index (χ2n) is 4.56. The first kappa shape index (κ1) is 16.0. The molecule has 0 aromatic carbocycles. The summed E-state index contributed by atoms with van der Waals surface area (Å²) in [6.45, 7) is 0.592. The highest BCUT2D eigenvalue weighted by Gasteiger charge is 2.45. The molecule has 5 N–H and O–H groups in total. The Balaban J connectivity index is 2.08. The SMILES string of the molecule is CP(=O)(O)OC[C@H]1O[C@@H](n2cnc(C(N)=O)n2)C(O)[C@H]1O. The number of amides is 1. The maximum atomic E-state index is 11.0. The number of hydrogen-bond donors (Lipinski definition) is 4. The summed E-state index contributed by atoms with van der Waals surface area (Å²) < 4.78 is 22.0. The Hall–Kier alpha value is -1.36. The Bertz CT molecular complexity index is 572. The fraction of sp³-hybridized carbons (Fsp3) is 0.667. The van der Waals surface area contributed by atoms with Crippen LogP contribution in [-0.4, -0.2) is 67.4 Å². The highest BCUT2D eigenvalue weighted by Crippen LogP contribution is 2.38. The van der Waals surface area contributed by atoms with E-state index in [0.717, 1.165) is 17.7 Å². The molecule has 1 amide bonds. The molecular weight excluding hydrogens is 307 g/mol. The first-order chi connectivity index (χ1) is 9.69. The largest absolute Gasteiger partial charge is 0.387 e. The molecule has 1 aromatic heterocycles. The summed E-state index contributed by atoms with van der Waals surface area (Å²) >= 11 is 0. The van der Waals surface area contributed by atoms with Crippen molar-refractivity contribution in [1.82, 2.24) is 14.8 Å². The van der Waals surface area contributed by atoms with Crippen molar-refractivity contribution < 1.29 is 33.7 Å². The molecule has 1 aromatic rings. The van der Waals surface area contributed by atoms with E-state index in [1.807, 2.05) is 0 Å². The van der Waals surface area contributed by atoms with Gasteiger partial charge in [-0.1, -0.05) is 0 Å². The molecule has 118 valence electrons. The van der Waals surface area contributed by atoms with Crippen LogP contribution in [0.15, 0.2) is 6.33 Å². The van der Waals surface area contributed by atoms with Crippen LogP contribution in [-0.2, 0) is 13.8 Å². The lowest BCUT2D eigenvalue weighted by Gasteiger charge is -2.15. The number of primary amides is 1. The normalized spacial score (nSPS) is 32.0. The number of hydrogen-bond acceptors (Lipinski definition) is 8. The van der Waals surface area contributed by atoms with Crippen LogP contribution < -0.4 is 5.73 Å². The number of ether oxygens (including phenoxy) is 1. The Morgan fingerprint density at radius 2 is 2.24 bits per heavy atom. The highest BCUT2D eigenvalue weighted by molar-refractivity contribution is 7.51. The quantitative estimate of drug-likeness (QED) is 0.440. The number of aliphatic hydroxyl groups excluding tert-OH is 2. The average Bonchev–Trinajstić information content (AvgIpc) is 2.94. The first-order valence-electron chi connectivity index (χ1n) is 5.86. The van der Waals surface area contributed by atoms with Crippen molar-refractivity contribution in [2.45, 2.75) is 24.5 Å². The predicted molar refractivity (Wildman–Crippen MR) is 66.2 cm³/mol. The smallest absolute Gasteiger partial charge is 0.325 e. The fourth-order valence-electron chi connectivity index (χ4n) is 1.81. The molecule has 12 heteroatoms. The van der Waals surface area contributed by atoms with Gasteiger partial charge in [-0.05, 0) is 0 Å². The molecule has 2 rings (SSSR count). The van der Waals surface area contributed by atoms with Gasteiger partial charge in [0, 0.05) is 6.66 Å². The minimum Gasteiger partial charge on any atom is -0.387 e. The van der Waals surface area contributed by atoms with Gasteiger partial charge in [0.1, 0.15) is 24.6 Å². The highest BCUT2D eigenvalue weighted by atomic mass is 31.2. The second kappa shape index (κ2) is 5.79. The van der Waals surface area contributed by atoms with E-state index in [9.17, 15) is 19.6 Å². The number of aliphatic hydroxyl groups is 2. The lowest BCUT2D eigenvalue weighted by molar-refractivity contribution is -0.0563. The number of carbonyl (C=O) groups excluding carboxylic acids is 1. The Kier molecular flexibility index (Phi) is 4.42. The third kappa shape index (κ3) is 3.64. The molecule has 21 heavy (non-hydrogen) atoms. The summed E-state index contributed by atoms with van der Waals surface area (Å²) in [5.74, 6) is -1.12. The zero-order valence-electron chi connectivity index (χ0n) is 10.9. The zero-order chi connectivity index (χ0) is 15.8. The van der Waals surface area contributed by atoms with Crippen molar-refractivity contribution in [3.8, 4) is 0 Å². The van der Waals surface area contributed by atoms with Crippen LogP contribution in [0.5, 0.6) is 0 Å². The predicted octanol–water partition coefficient (Wildman–Crippen LogP) is -2.17. The van der Waals surface area contributed by atoms with E-state index >= 15 is 0 Å². The second-order valence-corrected chi connectivity index (χ2v) is 6.42. The lowest BCUT2D eigenvalue weighted by Crippen LogP contribution is -2.33. The summed E-state index contributed by atoms with van der Waals surface area (Å²) in [5, 5.41) is 23.4. The molecule has 1 fully saturated rings. The topological polar surface area (TPSA) is 170 Å². The fourth-order valence-corrected chi connectivity index (χ4v) is 2.23. The first-order valence-corrected chi connectivity index (χ1v) is 7.89. The van der Waals surface area contributed by atoms with Crippen molar-refractivity contribution >= 4 is 13.5 Å². The van der Waals surface area contributed by atoms with Gasteiger partial charge in [-0.3, -0.25) is 9.36 Å². The van der Waals surface area contributed by atoms with Gasteiger partial charge in [0.15, 0.2) is 6.23 Å². The van der Waals surface area contributed by atoms with Gasteiger partial charge in [-0.15, -0.1) is 5.10 Å². The number of nitrogens with two attached hydrogens (primary N) is 1. The van der Waals surface area contributed by atoms with Gasteiger partial charge in [-0.2, -0.15) is 0 Å². The number of carbonyl (C=O) groups is 1. The number of rotatable bonds is 5. The average molecular weight is 322 g/mol. The Labute approximate surface area is 118 Å². The van der Waals surface area contributed by atoms with Crippen molar-refractivity contribution in [1.29, 1.82) is 0 Å². The van der Waals surface area contributed by atoms with E-state index in [0.29, 0.717) is 0 Å². The number of nitrogens with zero attached hydrogens (tertiary/aromatic N) is 3. The van der Waals surface area contributed by atoms with Crippen LogP contribution in [0.2, 0.25) is 0 Å². The maximum Gasteiger partial charge on any atom is 0.325 e. The van der Waals surface area contributed by atoms with Gasteiger partial charge >= 0.3 is 7.60 Å². The van der Waals surface area contributed by atoms with Crippen LogP contribution in [0.3, 0.4) is 0 Å². The van der Waals surface area contributed by atoms with E-state index in [4.69, 9.17) is 15.4 Å². The van der Waals surface area contributed by atoms with Crippen LogP contribution in [0.25, 0.3) is 0 Å². The van der Waals surface area contributed by atoms with Crippen LogP contribution >= 0.6 is 7.60 Å². The van der Waals surface area contributed by atoms with Crippen molar-refractivity contribution in [3.63, 3.8) is 0 Å². The summed E-state index contributed by atoms with van der Waals surface area (Å²) in [5.41, 5.74) is 5.00. The molecule has 11 nitrogen and oxygen atoms in total. The van der Waals surface area contributed by atoms with Gasteiger partial charge in [0.05, 0.1) is 6.61 Å². The van der Waals surface area contributed by atoms with Gasteiger partial charge in [0.2, 0.25) is 5.82 Å². The van der Waals surface area contributed by atoms with Crippen LogP contribution in [0.4, 0.5) is 0 Å². The van der Waals surface area contributed by atoms with E-state index in [1.54, 1.807) is 0 Å². The van der Waals surface area contributed by atoms with Gasteiger partial charge < -0.3 is 30.1 Å². The summed E-state index contributed by atoms with van der Waals surface area (Å²) in [6, 6.07) is 0. The molecule has 0 radical (unpaired) electrons. The Morgan fingerprint density at radius 1 is 1.57 bits per heavy atom. The van der Waals surface area contributed by atoms with E-state index in [2.05, 4.69) is 14.6 Å². The molecule has 0 bridgehead atoms. The summed E-state index contributed by atoms with van der Waals surface area (Å²) in [4.78, 5) is 23.6. The molecule has 2 unspecified atom stereocenters. The van der Waals surface area contributed by atoms with Crippen molar-refractivity contribution in [2.75, 3.05) is 13.3 Å². The maximum absolute atomic E-state index is 11.0. The monoisotopic (exact) mass is 322 g/mol. The van der Waals surface area contributed by atoms with Gasteiger partial charge in [-0.25, -0.2) is 9.67 Å². The third-order valence-electron chi connectivity index (χ3n) is 2.81. The van der Waals surface area contributed by atoms with E-state index in [-0.39, 0.29) is 5.82 Å². The Morgan fingerprint density at radius 3 is 2.76 bits per heavy atom. The van der Waals surface area contributed by atoms with E-state index < -0.39 is 44.6 Å². The molecule has 5 atom stereocenters. The van der Waals surface area contributed by atoms with Crippen molar-refractivity contribution in [2.24, 2.45) is 5.73 Å². The molecule has 1 aliphatic rings. The standard InChI is InChI=1S/C9H15N4O7P/c1-21(17,18)19-2-4-5(14)6(15)9(20-4)13-3-11-8(12-13)7(10)16/h3-6,9,14-15H,2H2,1H3,(H2,10,16)(H,17,18)/t4-,5+,6?,9-/m1/s1. The lowest BCUT2D eigenvalue weighted by atomic mass is 10.1. The molecule has 2 heterocycles. The van der Waals surface area contributed by atoms with Crippen molar-refractivity contribution in [3.05, 3.63) is 12.2 Å². The number of aromatic nitrogens is 3. The summed E-state index contributed by atoms with van der Waals surface area (Å²) in [6.07, 6.45) is -3.78. The zero-order valence-corrected chi connectivity index (χ0v) is 11.8.